The minimum atomic E-state index is -1.09. The van der Waals surface area contributed by atoms with E-state index in [9.17, 15) is 14.7 Å². The van der Waals surface area contributed by atoms with Crippen molar-refractivity contribution in [2.75, 3.05) is 14.2 Å². The van der Waals surface area contributed by atoms with Gasteiger partial charge in [0.2, 0.25) is 0 Å². The van der Waals surface area contributed by atoms with Gasteiger partial charge in [-0.05, 0) is 49.5 Å². The summed E-state index contributed by atoms with van der Waals surface area (Å²) in [6.45, 7) is 0. The molecule has 0 heterocycles. The van der Waals surface area contributed by atoms with Crippen molar-refractivity contribution < 1.29 is 24.2 Å². The van der Waals surface area contributed by atoms with Crippen LogP contribution in [-0.4, -0.2) is 31.3 Å². The summed E-state index contributed by atoms with van der Waals surface area (Å²) in [4.78, 5) is 23.8. The number of carbonyl (C=O) groups excluding carboxylic acids is 1. The first-order chi connectivity index (χ1) is 11.1. The summed E-state index contributed by atoms with van der Waals surface area (Å²) in [5.74, 6) is -1.04. The molecular weight excluding hydrogens is 296 g/mol. The van der Waals surface area contributed by atoms with Gasteiger partial charge in [0.05, 0.1) is 25.4 Å². The lowest BCUT2D eigenvalue weighted by molar-refractivity contribution is -0.138. The summed E-state index contributed by atoms with van der Waals surface area (Å²) in [5.41, 5.74) is 1.68. The Kier molecular flexibility index (Phi) is 5.57. The van der Waals surface area contributed by atoms with Gasteiger partial charge in [0.15, 0.2) is 0 Å². The quantitative estimate of drug-likeness (QED) is 0.667. The molecule has 1 aromatic rings. The van der Waals surface area contributed by atoms with Gasteiger partial charge in [-0.3, -0.25) is 0 Å². The highest BCUT2D eigenvalue weighted by Gasteiger charge is 2.26. The van der Waals surface area contributed by atoms with Crippen LogP contribution < -0.4 is 4.74 Å². The maximum absolute atomic E-state index is 12.1. The molecule has 23 heavy (non-hydrogen) atoms. The van der Waals surface area contributed by atoms with Crippen LogP contribution in [0.15, 0.2) is 41.0 Å². The zero-order valence-electron chi connectivity index (χ0n) is 13.3. The second-order valence-electron chi connectivity index (χ2n) is 5.31. The number of ether oxygens (including phenoxy) is 2. The van der Waals surface area contributed by atoms with Crippen LogP contribution in [0.5, 0.6) is 5.75 Å². The number of allylic oxidation sites excluding steroid dienone is 1. The monoisotopic (exact) mass is 316 g/mol. The molecule has 122 valence electrons. The standard InChI is InChI=1S/C18H20O5/c1-22-14-9-7-12(8-10-14)11-15(18(21)23-2)16(17(19)20)13-5-3-4-6-13/h7-11H,3-6H2,1-2H3,(H,19,20)/b15-11+. The number of aliphatic carboxylic acids is 1. The maximum Gasteiger partial charge on any atom is 0.338 e. The highest BCUT2D eigenvalue weighted by molar-refractivity contribution is 6.10. The predicted molar refractivity (Wildman–Crippen MR) is 86.1 cm³/mol. The Morgan fingerprint density at radius 1 is 1.09 bits per heavy atom. The molecule has 0 radical (unpaired) electrons. The van der Waals surface area contributed by atoms with Gasteiger partial charge in [-0.15, -0.1) is 0 Å². The van der Waals surface area contributed by atoms with Crippen LogP contribution in [0.4, 0.5) is 0 Å². The fourth-order valence-corrected chi connectivity index (χ4v) is 2.72. The first kappa shape index (κ1) is 16.8. The normalized spacial score (nSPS) is 14.5. The fraction of sp³-hybridized carbons (Fsp3) is 0.333. The fourth-order valence-electron chi connectivity index (χ4n) is 2.72. The predicted octanol–water partition coefficient (Wildman–Crippen LogP) is 3.21. The van der Waals surface area contributed by atoms with Crippen LogP contribution in [0.2, 0.25) is 0 Å². The van der Waals surface area contributed by atoms with Gasteiger partial charge in [-0.1, -0.05) is 17.7 Å². The van der Waals surface area contributed by atoms with Crippen LogP contribution in [0.25, 0.3) is 6.08 Å². The number of methoxy groups -OCH3 is 2. The minimum Gasteiger partial charge on any atom is -0.497 e. The first-order valence-corrected chi connectivity index (χ1v) is 7.46. The SMILES string of the molecule is COC(=O)/C(=C/c1ccc(OC)cc1)C(C(=O)O)=C1CCCC1. The van der Waals surface area contributed by atoms with Gasteiger partial charge in [0.1, 0.15) is 5.75 Å². The van der Waals surface area contributed by atoms with E-state index in [1.54, 1.807) is 37.5 Å². The number of carbonyl (C=O) groups is 2. The van der Waals surface area contributed by atoms with E-state index in [4.69, 9.17) is 9.47 Å². The van der Waals surface area contributed by atoms with Gasteiger partial charge >= 0.3 is 11.9 Å². The van der Waals surface area contributed by atoms with Crippen molar-refractivity contribution in [3.63, 3.8) is 0 Å². The van der Waals surface area contributed by atoms with Gasteiger partial charge < -0.3 is 14.6 Å². The van der Waals surface area contributed by atoms with E-state index in [1.165, 1.54) is 7.11 Å². The van der Waals surface area contributed by atoms with E-state index >= 15 is 0 Å². The first-order valence-electron chi connectivity index (χ1n) is 7.46. The van der Waals surface area contributed by atoms with Crippen LogP contribution in [0.1, 0.15) is 31.2 Å². The summed E-state index contributed by atoms with van der Waals surface area (Å²) < 4.78 is 9.88. The number of benzene rings is 1. The van der Waals surface area contributed by atoms with Crippen molar-refractivity contribution in [3.05, 3.63) is 46.5 Å². The van der Waals surface area contributed by atoms with E-state index in [-0.39, 0.29) is 11.1 Å². The molecule has 1 aromatic carbocycles. The molecule has 1 aliphatic rings. The lowest BCUT2D eigenvalue weighted by Crippen LogP contribution is -2.15. The molecular formula is C18H20O5. The Hall–Kier alpha value is -2.56. The zero-order chi connectivity index (χ0) is 16.8. The molecule has 5 nitrogen and oxygen atoms in total. The molecule has 5 heteroatoms. The molecule has 0 atom stereocenters. The van der Waals surface area contributed by atoms with Crippen molar-refractivity contribution in [3.8, 4) is 5.75 Å². The smallest absolute Gasteiger partial charge is 0.338 e. The second-order valence-corrected chi connectivity index (χ2v) is 5.31. The highest BCUT2D eigenvalue weighted by atomic mass is 16.5. The van der Waals surface area contributed by atoms with Crippen LogP contribution >= 0.6 is 0 Å². The maximum atomic E-state index is 12.1. The third kappa shape index (κ3) is 4.00. The van der Waals surface area contributed by atoms with Gasteiger partial charge in [0.25, 0.3) is 0 Å². The Balaban J connectivity index is 2.50. The molecule has 0 unspecified atom stereocenters. The van der Waals surface area contributed by atoms with Gasteiger partial charge in [-0.2, -0.15) is 0 Å². The molecule has 1 fully saturated rings. The number of carboxylic acid groups (broad SMARTS) is 1. The number of rotatable bonds is 5. The summed E-state index contributed by atoms with van der Waals surface area (Å²) >= 11 is 0. The van der Waals surface area contributed by atoms with E-state index in [1.807, 2.05) is 0 Å². The molecule has 0 aromatic heterocycles. The molecule has 0 aliphatic heterocycles. The minimum absolute atomic E-state index is 0.0742. The average molecular weight is 316 g/mol. The Labute approximate surface area is 135 Å². The lowest BCUT2D eigenvalue weighted by atomic mass is 9.96. The number of hydrogen-bond donors (Lipinski definition) is 1. The highest BCUT2D eigenvalue weighted by Crippen LogP contribution is 2.31. The molecule has 0 amide bonds. The molecule has 1 saturated carbocycles. The second kappa shape index (κ2) is 7.63. The van der Waals surface area contributed by atoms with Crippen LogP contribution in [-0.2, 0) is 14.3 Å². The molecule has 0 bridgehead atoms. The van der Waals surface area contributed by atoms with Gasteiger partial charge in [-0.25, -0.2) is 9.59 Å². The topological polar surface area (TPSA) is 72.8 Å². The number of hydrogen-bond acceptors (Lipinski definition) is 4. The number of carboxylic acids is 1. The van der Waals surface area contributed by atoms with Crippen molar-refractivity contribution in [2.45, 2.75) is 25.7 Å². The number of esters is 1. The Morgan fingerprint density at radius 2 is 1.70 bits per heavy atom. The van der Waals surface area contributed by atoms with E-state index in [2.05, 4.69) is 0 Å². The molecule has 0 saturated heterocycles. The van der Waals surface area contributed by atoms with Crippen molar-refractivity contribution in [1.29, 1.82) is 0 Å². The summed E-state index contributed by atoms with van der Waals surface area (Å²) in [7, 11) is 2.82. The van der Waals surface area contributed by atoms with E-state index in [0.29, 0.717) is 24.2 Å². The van der Waals surface area contributed by atoms with E-state index in [0.717, 1.165) is 18.4 Å². The summed E-state index contributed by atoms with van der Waals surface area (Å²) in [6, 6.07) is 7.04. The summed E-state index contributed by atoms with van der Waals surface area (Å²) in [5, 5.41) is 9.58. The summed E-state index contributed by atoms with van der Waals surface area (Å²) in [6.07, 6.45) is 4.86. The average Bonchev–Trinajstić information content (AvgIpc) is 3.07. The lowest BCUT2D eigenvalue weighted by Gasteiger charge is -2.10. The Morgan fingerprint density at radius 3 is 2.17 bits per heavy atom. The molecule has 1 N–H and O–H groups in total. The third-order valence-electron chi connectivity index (χ3n) is 3.88. The van der Waals surface area contributed by atoms with Crippen molar-refractivity contribution >= 4 is 18.0 Å². The third-order valence-corrected chi connectivity index (χ3v) is 3.88. The zero-order valence-corrected chi connectivity index (χ0v) is 13.3. The van der Waals surface area contributed by atoms with E-state index < -0.39 is 11.9 Å². The van der Waals surface area contributed by atoms with Crippen molar-refractivity contribution in [1.82, 2.24) is 0 Å². The van der Waals surface area contributed by atoms with Gasteiger partial charge in [0, 0.05) is 0 Å². The molecule has 2 rings (SSSR count). The van der Waals surface area contributed by atoms with Crippen molar-refractivity contribution in [2.24, 2.45) is 0 Å². The molecule has 0 spiro atoms. The molecule has 1 aliphatic carbocycles. The van der Waals surface area contributed by atoms with Crippen LogP contribution in [0.3, 0.4) is 0 Å². The largest absolute Gasteiger partial charge is 0.497 e. The Bertz CT molecular complexity index is 644. The van der Waals surface area contributed by atoms with Crippen LogP contribution in [0, 0.1) is 0 Å².